The summed E-state index contributed by atoms with van der Waals surface area (Å²) in [6.07, 6.45) is 3.56. The molecule has 6 heteroatoms. The Morgan fingerprint density at radius 1 is 1.50 bits per heavy atom. The smallest absolute Gasteiger partial charge is 0.269 e. The number of nitrogens with zero attached hydrogens (tertiary/aromatic N) is 3. The number of aromatic nitrogens is 3. The van der Waals surface area contributed by atoms with Crippen molar-refractivity contribution >= 4 is 23.2 Å². The molecule has 96 valence electrons. The largest absolute Gasteiger partial charge is 0.317 e. The number of nitrogens with one attached hydrogen (secondary N) is 1. The van der Waals surface area contributed by atoms with Crippen molar-refractivity contribution in [2.45, 2.75) is 27.3 Å². The van der Waals surface area contributed by atoms with Gasteiger partial charge in [-0.05, 0) is 12.8 Å². The SMILES string of the molecule is Cc1ncsc1C(=O)Nc1nccn1CC(C)C. The molecule has 2 rings (SSSR count). The predicted molar refractivity (Wildman–Crippen MR) is 71.9 cm³/mol. The topological polar surface area (TPSA) is 59.8 Å². The molecule has 2 aromatic heterocycles. The van der Waals surface area contributed by atoms with Crippen LogP contribution in [-0.4, -0.2) is 20.4 Å². The zero-order valence-electron chi connectivity index (χ0n) is 10.7. The number of amides is 1. The quantitative estimate of drug-likeness (QED) is 0.923. The summed E-state index contributed by atoms with van der Waals surface area (Å²) in [7, 11) is 0. The first kappa shape index (κ1) is 12.8. The van der Waals surface area contributed by atoms with Gasteiger partial charge in [0.1, 0.15) is 4.88 Å². The molecule has 0 saturated heterocycles. The van der Waals surface area contributed by atoms with E-state index in [2.05, 4.69) is 29.1 Å². The molecule has 0 saturated carbocycles. The van der Waals surface area contributed by atoms with E-state index in [0.29, 0.717) is 16.7 Å². The van der Waals surface area contributed by atoms with Gasteiger partial charge in [-0.3, -0.25) is 10.1 Å². The molecule has 0 aliphatic rings. The number of hydrogen-bond donors (Lipinski definition) is 1. The fourth-order valence-electron chi connectivity index (χ4n) is 1.65. The molecule has 5 nitrogen and oxygen atoms in total. The van der Waals surface area contributed by atoms with Gasteiger partial charge in [-0.15, -0.1) is 11.3 Å². The highest BCUT2D eigenvalue weighted by molar-refractivity contribution is 7.12. The summed E-state index contributed by atoms with van der Waals surface area (Å²) in [5.41, 5.74) is 2.42. The minimum atomic E-state index is -0.147. The van der Waals surface area contributed by atoms with Gasteiger partial charge in [-0.2, -0.15) is 0 Å². The minimum absolute atomic E-state index is 0.147. The van der Waals surface area contributed by atoms with Gasteiger partial charge >= 0.3 is 0 Å². The van der Waals surface area contributed by atoms with E-state index in [1.54, 1.807) is 11.7 Å². The van der Waals surface area contributed by atoms with Crippen molar-refractivity contribution in [2.75, 3.05) is 5.32 Å². The first-order chi connectivity index (χ1) is 8.58. The van der Waals surface area contributed by atoms with Gasteiger partial charge in [-0.25, -0.2) is 9.97 Å². The Labute approximate surface area is 110 Å². The lowest BCUT2D eigenvalue weighted by molar-refractivity contribution is 0.102. The van der Waals surface area contributed by atoms with E-state index >= 15 is 0 Å². The summed E-state index contributed by atoms with van der Waals surface area (Å²) in [5, 5.41) is 2.82. The Morgan fingerprint density at radius 3 is 2.89 bits per heavy atom. The Hall–Kier alpha value is -1.69. The van der Waals surface area contributed by atoms with Crippen molar-refractivity contribution in [3.05, 3.63) is 28.5 Å². The van der Waals surface area contributed by atoms with Gasteiger partial charge in [0, 0.05) is 18.9 Å². The molecule has 0 fully saturated rings. The second kappa shape index (κ2) is 5.30. The van der Waals surface area contributed by atoms with E-state index in [9.17, 15) is 4.79 Å². The van der Waals surface area contributed by atoms with Crippen LogP contribution in [0.1, 0.15) is 29.2 Å². The van der Waals surface area contributed by atoms with Crippen LogP contribution in [0.5, 0.6) is 0 Å². The lowest BCUT2D eigenvalue weighted by atomic mass is 10.2. The van der Waals surface area contributed by atoms with Crippen molar-refractivity contribution in [1.82, 2.24) is 14.5 Å². The second-order valence-electron chi connectivity index (χ2n) is 4.52. The average molecular weight is 264 g/mol. The van der Waals surface area contributed by atoms with Crippen molar-refractivity contribution in [1.29, 1.82) is 0 Å². The van der Waals surface area contributed by atoms with E-state index in [-0.39, 0.29) is 5.91 Å². The highest BCUT2D eigenvalue weighted by Crippen LogP contribution is 2.15. The number of carbonyl (C=O) groups excluding carboxylic acids is 1. The summed E-state index contributed by atoms with van der Waals surface area (Å²) in [6, 6.07) is 0. The highest BCUT2D eigenvalue weighted by Gasteiger charge is 2.14. The number of hydrogen-bond acceptors (Lipinski definition) is 4. The summed E-state index contributed by atoms with van der Waals surface area (Å²) in [6.45, 7) is 6.90. The van der Waals surface area contributed by atoms with E-state index in [1.807, 2.05) is 17.7 Å². The summed E-state index contributed by atoms with van der Waals surface area (Å²) in [5.74, 6) is 0.938. The maximum atomic E-state index is 12.0. The zero-order valence-corrected chi connectivity index (χ0v) is 11.5. The van der Waals surface area contributed by atoms with Gasteiger partial charge in [-0.1, -0.05) is 13.8 Å². The van der Waals surface area contributed by atoms with Crippen LogP contribution >= 0.6 is 11.3 Å². The van der Waals surface area contributed by atoms with Gasteiger partial charge in [0.15, 0.2) is 0 Å². The first-order valence-electron chi connectivity index (χ1n) is 5.80. The molecule has 0 unspecified atom stereocenters. The minimum Gasteiger partial charge on any atom is -0.317 e. The van der Waals surface area contributed by atoms with Gasteiger partial charge in [0.2, 0.25) is 5.95 Å². The third kappa shape index (κ3) is 2.76. The Balaban J connectivity index is 2.13. The lowest BCUT2D eigenvalue weighted by Crippen LogP contribution is -2.16. The van der Waals surface area contributed by atoms with Crippen molar-refractivity contribution in [3.63, 3.8) is 0 Å². The molecule has 0 spiro atoms. The van der Waals surface area contributed by atoms with E-state index in [1.165, 1.54) is 11.3 Å². The molecule has 0 bridgehead atoms. The molecule has 0 atom stereocenters. The van der Waals surface area contributed by atoms with Gasteiger partial charge in [0.05, 0.1) is 11.2 Å². The fraction of sp³-hybridized carbons (Fsp3) is 0.417. The average Bonchev–Trinajstić information content (AvgIpc) is 2.88. The number of imidazole rings is 1. The summed E-state index contributed by atoms with van der Waals surface area (Å²) >= 11 is 1.34. The lowest BCUT2D eigenvalue weighted by Gasteiger charge is -2.10. The Bertz CT molecular complexity index is 544. The van der Waals surface area contributed by atoms with Crippen molar-refractivity contribution in [3.8, 4) is 0 Å². The van der Waals surface area contributed by atoms with E-state index in [0.717, 1.165) is 12.2 Å². The molecule has 0 aromatic carbocycles. The van der Waals surface area contributed by atoms with Crippen LogP contribution in [0.15, 0.2) is 17.9 Å². The number of aryl methyl sites for hydroxylation is 1. The molecule has 1 N–H and O–H groups in total. The molecule has 2 aromatic rings. The normalized spacial score (nSPS) is 10.9. The Morgan fingerprint density at radius 2 is 2.28 bits per heavy atom. The highest BCUT2D eigenvalue weighted by atomic mass is 32.1. The van der Waals surface area contributed by atoms with Gasteiger partial charge in [0.25, 0.3) is 5.91 Å². The first-order valence-corrected chi connectivity index (χ1v) is 6.68. The number of rotatable bonds is 4. The zero-order chi connectivity index (χ0) is 13.1. The van der Waals surface area contributed by atoms with Crippen LogP contribution < -0.4 is 5.32 Å². The molecule has 1 amide bonds. The van der Waals surface area contributed by atoms with Crippen LogP contribution in [0.25, 0.3) is 0 Å². The molecule has 0 aliphatic heterocycles. The molecule has 2 heterocycles. The number of anilines is 1. The third-order valence-corrected chi connectivity index (χ3v) is 3.38. The van der Waals surface area contributed by atoms with Crippen molar-refractivity contribution < 1.29 is 4.79 Å². The molecular weight excluding hydrogens is 248 g/mol. The summed E-state index contributed by atoms with van der Waals surface area (Å²) < 4.78 is 1.94. The fourth-order valence-corrected chi connectivity index (χ4v) is 2.35. The third-order valence-electron chi connectivity index (χ3n) is 2.45. The van der Waals surface area contributed by atoms with Crippen LogP contribution in [0, 0.1) is 12.8 Å². The maximum Gasteiger partial charge on any atom is 0.269 e. The van der Waals surface area contributed by atoms with Crippen LogP contribution in [0.3, 0.4) is 0 Å². The predicted octanol–water partition coefficient (Wildman–Crippen LogP) is 2.56. The number of thiazole rings is 1. The maximum absolute atomic E-state index is 12.0. The van der Waals surface area contributed by atoms with Gasteiger partial charge < -0.3 is 4.57 Å². The number of carbonyl (C=O) groups is 1. The Kier molecular flexibility index (Phi) is 3.76. The van der Waals surface area contributed by atoms with Crippen LogP contribution in [0.2, 0.25) is 0 Å². The molecule has 18 heavy (non-hydrogen) atoms. The second-order valence-corrected chi connectivity index (χ2v) is 5.37. The molecule has 0 aliphatic carbocycles. The van der Waals surface area contributed by atoms with Crippen molar-refractivity contribution in [2.24, 2.45) is 5.92 Å². The van der Waals surface area contributed by atoms with Crippen LogP contribution in [-0.2, 0) is 6.54 Å². The molecule has 0 radical (unpaired) electrons. The monoisotopic (exact) mass is 264 g/mol. The standard InChI is InChI=1S/C12H16N4OS/c1-8(2)6-16-5-4-13-12(16)15-11(17)10-9(3)14-7-18-10/h4-5,7-8H,6H2,1-3H3,(H,13,15,17). The van der Waals surface area contributed by atoms with E-state index in [4.69, 9.17) is 0 Å². The molecular formula is C12H16N4OS. The van der Waals surface area contributed by atoms with Crippen LogP contribution in [0.4, 0.5) is 5.95 Å². The summed E-state index contributed by atoms with van der Waals surface area (Å²) in [4.78, 5) is 20.9. The van der Waals surface area contributed by atoms with E-state index < -0.39 is 0 Å².